The summed E-state index contributed by atoms with van der Waals surface area (Å²) in [6, 6.07) is 42.3. The topological polar surface area (TPSA) is 86.1 Å². The number of aryl methyl sites for hydroxylation is 5. The number of aliphatic hydroxyl groups excluding tert-OH is 1. The molecule has 0 amide bonds. The SMILES string of the molecule is CC.CC.CC.CC.CC.CC1=CCCc2ccccc21.CC1CCc2ccccc2C1C.CC1c2ccccc2CCC1N=[N+]=[N-].O=C1CCCc2ccccc21.OC1CCc2ccccc2C1Br.[Br-].[CH3-].[I][V][I].[Mg+2]. The molecule has 0 radical (unpaired) electrons. The van der Waals surface area contributed by atoms with Crippen LogP contribution in [0, 0.1) is 13.3 Å². The molecule has 0 aliphatic heterocycles. The Morgan fingerprint density at radius 2 is 0.974 bits per heavy atom. The molecule has 0 fully saturated rings. The third-order valence-electron chi connectivity index (χ3n) is 13.2. The first-order valence-corrected chi connectivity index (χ1v) is 37.4. The molecular weight excluding hydrogens is 1340 g/mol. The fourth-order valence-electron chi connectivity index (χ4n) is 9.29. The number of ketones is 1. The summed E-state index contributed by atoms with van der Waals surface area (Å²) in [5.41, 5.74) is 23.5. The fourth-order valence-corrected chi connectivity index (χ4v) is 10.00. The molecule has 0 saturated heterocycles. The summed E-state index contributed by atoms with van der Waals surface area (Å²) >= 11 is 8.24. The van der Waals surface area contributed by atoms with Crippen LogP contribution in [0.1, 0.15) is 213 Å². The van der Waals surface area contributed by atoms with Crippen LogP contribution in [0.15, 0.2) is 133 Å². The molecule has 1 N–H and O–H groups in total. The molecule has 0 heterocycles. The van der Waals surface area contributed by atoms with Gasteiger partial charge in [0, 0.05) is 22.9 Å². The van der Waals surface area contributed by atoms with Crippen LogP contribution in [0.2, 0.25) is 0 Å². The molecule has 0 spiro atoms. The maximum atomic E-state index is 11.3. The zero-order valence-corrected chi connectivity index (χ0v) is 59.5. The number of azide groups is 1. The summed E-state index contributed by atoms with van der Waals surface area (Å²) in [7, 11) is 0.628. The Bertz CT molecular complexity index is 2260. The Morgan fingerprint density at radius 3 is 1.46 bits per heavy atom. The van der Waals surface area contributed by atoms with Crippen LogP contribution in [-0.2, 0) is 41.6 Å². The maximum Gasteiger partial charge on any atom is 2.00 e. The second kappa shape index (κ2) is 50.5. The van der Waals surface area contributed by atoms with E-state index >= 15 is 0 Å². The Morgan fingerprint density at radius 1 is 0.579 bits per heavy atom. The molecule has 11 heteroatoms. The molecule has 5 aliphatic rings. The number of allylic oxidation sites excluding steroid dienone is 2. The van der Waals surface area contributed by atoms with Gasteiger partial charge in [0.15, 0.2) is 5.78 Å². The fraction of sp³-hybridized carbons (Fsp3) is 0.477. The molecule has 10 rings (SSSR count). The Labute approximate surface area is 529 Å². The molecular formula is C65H95Br2I2MgN3O2V. The van der Waals surface area contributed by atoms with Crippen molar-refractivity contribution in [3.8, 4) is 0 Å². The van der Waals surface area contributed by atoms with Gasteiger partial charge in [0.25, 0.3) is 0 Å². The van der Waals surface area contributed by atoms with Crippen molar-refractivity contribution in [2.24, 2.45) is 11.0 Å². The average molecular weight is 1440 g/mol. The second-order valence-electron chi connectivity index (χ2n) is 17.1. The van der Waals surface area contributed by atoms with E-state index in [1.54, 1.807) is 11.1 Å². The van der Waals surface area contributed by atoms with E-state index in [9.17, 15) is 9.90 Å². The summed E-state index contributed by atoms with van der Waals surface area (Å²) < 4.78 is 0. The predicted octanol–water partition coefficient (Wildman–Crippen LogP) is 18.4. The summed E-state index contributed by atoms with van der Waals surface area (Å²) in [5, 5.41) is 13.4. The number of Topliss-reactive ketones (excluding diaryl/α,β-unsaturated/α-hetero) is 1. The first-order valence-electron chi connectivity index (χ1n) is 27.5. The van der Waals surface area contributed by atoms with Gasteiger partial charge in [0.05, 0.1) is 10.9 Å². The first kappa shape index (κ1) is 81.0. The van der Waals surface area contributed by atoms with E-state index < -0.39 is 0 Å². The number of hydrogen-bond acceptors (Lipinski definition) is 3. The molecule has 0 bridgehead atoms. The molecule has 0 saturated carbocycles. The molecule has 76 heavy (non-hydrogen) atoms. The Balaban J connectivity index is -0.000000400. The minimum absolute atomic E-state index is 0. The maximum absolute atomic E-state index is 11.3. The molecule has 417 valence electrons. The van der Waals surface area contributed by atoms with Crippen LogP contribution in [0.25, 0.3) is 16.0 Å². The average Bonchev–Trinajstić information content (AvgIpc) is 3.46. The molecule has 5 aromatic carbocycles. The van der Waals surface area contributed by atoms with Crippen molar-refractivity contribution in [2.45, 2.75) is 196 Å². The largest absolute Gasteiger partial charge is 2.00 e. The quantitative estimate of drug-likeness (QED) is 0.0345. The number of halogens is 4. The van der Waals surface area contributed by atoms with Crippen molar-refractivity contribution in [3.63, 3.8) is 0 Å². The summed E-state index contributed by atoms with van der Waals surface area (Å²) in [5.74, 6) is 2.29. The van der Waals surface area contributed by atoms with Gasteiger partial charge in [-0.3, -0.25) is 4.79 Å². The summed E-state index contributed by atoms with van der Waals surface area (Å²) in [4.78, 5) is 14.3. The van der Waals surface area contributed by atoms with E-state index in [2.05, 4.69) is 185 Å². The van der Waals surface area contributed by atoms with Gasteiger partial charge in [-0.15, -0.1) is 0 Å². The number of hydrogen-bond donors (Lipinski definition) is 1. The third kappa shape index (κ3) is 27.8. The monoisotopic (exact) mass is 1440 g/mol. The number of benzene rings is 5. The van der Waals surface area contributed by atoms with Gasteiger partial charge in [0.2, 0.25) is 0 Å². The van der Waals surface area contributed by atoms with Crippen molar-refractivity contribution in [3.05, 3.63) is 201 Å². The van der Waals surface area contributed by atoms with Crippen LogP contribution < -0.4 is 17.0 Å². The van der Waals surface area contributed by atoms with Gasteiger partial charge in [-0.1, -0.05) is 238 Å². The van der Waals surface area contributed by atoms with Gasteiger partial charge in [-0.05, 0) is 150 Å². The van der Waals surface area contributed by atoms with Crippen LogP contribution in [0.5, 0.6) is 0 Å². The summed E-state index contributed by atoms with van der Waals surface area (Å²) in [6.07, 6.45) is 13.9. The molecule has 5 aliphatic carbocycles. The van der Waals surface area contributed by atoms with Gasteiger partial charge < -0.3 is 29.5 Å². The minimum Gasteiger partial charge on any atom is 2.00 e. The third-order valence-corrected chi connectivity index (χ3v) is 14.3. The Hall–Kier alpha value is -1.45. The number of fused-ring (bicyclic) bond motifs is 5. The van der Waals surface area contributed by atoms with Gasteiger partial charge in [-0.25, -0.2) is 0 Å². The predicted molar refractivity (Wildman–Crippen MR) is 350 cm³/mol. The normalized spacial score (nSPS) is 18.7. The number of carbonyl (C=O) groups excluding carboxylic acids is 1. The van der Waals surface area contributed by atoms with Crippen molar-refractivity contribution >= 4 is 90.3 Å². The van der Waals surface area contributed by atoms with E-state index in [1.165, 1.54) is 70.2 Å². The molecule has 5 aromatic rings. The van der Waals surface area contributed by atoms with Crippen molar-refractivity contribution in [1.82, 2.24) is 0 Å². The van der Waals surface area contributed by atoms with E-state index in [1.807, 2.05) is 106 Å². The molecule has 0 aromatic heterocycles. The number of carbonyl (C=O) groups is 1. The zero-order valence-electron chi connectivity index (χ0n) is 49.2. The number of nitrogens with zero attached hydrogens (tertiary/aromatic N) is 3. The number of rotatable bonds is 1. The molecule has 5 nitrogen and oxygen atoms in total. The molecule has 6 atom stereocenters. The van der Waals surface area contributed by atoms with Crippen molar-refractivity contribution in [2.75, 3.05) is 0 Å². The van der Waals surface area contributed by atoms with E-state index in [0.717, 1.165) is 62.3 Å². The van der Waals surface area contributed by atoms with Gasteiger partial charge in [0.1, 0.15) is 0 Å². The van der Waals surface area contributed by atoms with E-state index in [-0.39, 0.29) is 64.4 Å². The Kier molecular flexibility index (Phi) is 53.8. The van der Waals surface area contributed by atoms with Crippen molar-refractivity contribution < 1.29 is 36.3 Å². The molecule has 6 unspecified atom stereocenters. The van der Waals surface area contributed by atoms with Crippen LogP contribution in [0.4, 0.5) is 0 Å². The second-order valence-corrected chi connectivity index (χ2v) is 29.9. The van der Waals surface area contributed by atoms with Gasteiger partial charge >= 0.3 is 72.5 Å². The van der Waals surface area contributed by atoms with E-state index in [4.69, 9.17) is 5.53 Å². The van der Waals surface area contributed by atoms with E-state index in [0.29, 0.717) is 21.2 Å². The van der Waals surface area contributed by atoms with Crippen LogP contribution >= 0.6 is 55.9 Å². The van der Waals surface area contributed by atoms with Crippen LogP contribution in [-0.4, -0.2) is 46.1 Å². The number of alkyl halides is 1. The minimum atomic E-state index is -0.222. The summed E-state index contributed by atoms with van der Waals surface area (Å²) in [6.45, 7) is 29.0. The number of aliphatic hydroxyl groups is 1. The zero-order chi connectivity index (χ0) is 55.1. The van der Waals surface area contributed by atoms with Crippen molar-refractivity contribution in [1.29, 1.82) is 0 Å². The van der Waals surface area contributed by atoms with Gasteiger partial charge in [-0.2, -0.15) is 0 Å². The first-order chi connectivity index (χ1) is 35.6. The van der Waals surface area contributed by atoms with Crippen LogP contribution in [0.3, 0.4) is 0 Å². The smallest absolute Gasteiger partial charge is 2.00 e. The standard InChI is InChI=1S/C12H16.C11H13N3.C11H12.C10H11BrO.C10H10O.5C2H6.CH3.BrH.2HI.Mg.V/c1-9-7-8-11-5-3-4-6-12(11)10(9)2;1-8-10-5-3-2-4-9(10)6-7-11(8)13-14-12;1-9-5-4-7-10-6-2-3-8-11(9)10;11-10-8-4-2-1-3-7(8)5-6-9(10)12;11-10-7-3-5-8-4-1-2-6-9(8)10;5*1-2;;;;;;/h3-6,9-10H,7-8H2,1-2H3;2-5,8,11H,6-7H2,1H3;2-3,5-6,8H,4,7H2,1H3;1-4,9-10,12H,5-6H2;1-2,4,6H,3,5,7H2;5*1-2H3;1H3;3*1H;;/q;;;;;;;;;;-1;;;;2*+2/p-3.